The first-order valence-electron chi connectivity index (χ1n) is 10.7. The van der Waals surface area contributed by atoms with Gasteiger partial charge in [0.15, 0.2) is 5.78 Å². The highest BCUT2D eigenvalue weighted by Crippen LogP contribution is 2.39. The summed E-state index contributed by atoms with van der Waals surface area (Å²) in [6.07, 6.45) is 3.14. The Hall–Kier alpha value is -3.22. The second-order valence-corrected chi connectivity index (χ2v) is 8.38. The van der Waals surface area contributed by atoms with Crippen molar-refractivity contribution in [2.45, 2.75) is 57.2 Å². The lowest BCUT2D eigenvalue weighted by Crippen LogP contribution is -2.49. The first-order valence-corrected chi connectivity index (χ1v) is 10.7. The molecule has 7 heteroatoms. The molecule has 3 atom stereocenters. The summed E-state index contributed by atoms with van der Waals surface area (Å²) in [5.41, 5.74) is 0.654. The Morgan fingerprint density at radius 1 is 1.13 bits per heavy atom. The lowest BCUT2D eigenvalue weighted by molar-refractivity contribution is -0.139. The number of fused-ring (bicyclic) bond motifs is 1. The molecule has 1 aromatic heterocycles. The molecule has 1 fully saturated rings. The normalized spacial score (nSPS) is 22.8. The summed E-state index contributed by atoms with van der Waals surface area (Å²) in [5.74, 6) is 0.292. The van der Waals surface area contributed by atoms with Crippen molar-refractivity contribution in [1.29, 1.82) is 0 Å². The van der Waals surface area contributed by atoms with Gasteiger partial charge in [0.2, 0.25) is 11.8 Å². The molecule has 0 radical (unpaired) electrons. The second kappa shape index (κ2) is 8.49. The minimum Gasteiger partial charge on any atom is -0.486 e. The third-order valence-corrected chi connectivity index (χ3v) is 6.26. The Morgan fingerprint density at radius 3 is 2.68 bits per heavy atom. The molecule has 0 aliphatic carbocycles. The topological polar surface area (TPSA) is 88.6 Å². The fraction of sp³-hybridized carbons (Fsp3) is 0.417. The average molecular weight is 421 g/mol. The zero-order chi connectivity index (χ0) is 22.0. The molecule has 3 heterocycles. The first-order chi connectivity index (χ1) is 14.9. The van der Waals surface area contributed by atoms with E-state index in [1.165, 1.54) is 0 Å². The maximum absolute atomic E-state index is 12.9. The quantitative estimate of drug-likeness (QED) is 0.820. The van der Waals surface area contributed by atoms with E-state index in [0.717, 1.165) is 5.69 Å². The van der Waals surface area contributed by atoms with Gasteiger partial charge in [-0.15, -0.1) is 0 Å². The smallest absolute Gasteiger partial charge is 0.243 e. The number of likely N-dealkylation sites (tertiary alicyclic amines) is 1. The standard InChI is InChI=1S/C24H27N3O4/c1-16(19-8-5-6-13-25-19)26-23(30)17(2)27-14-12-24(11-10-22(27)29)15-20(28)18-7-3-4-9-21(18)31-24/h3-9,13,16-17H,10-12,14-15H2,1-2H3,(H,26,30). The summed E-state index contributed by atoms with van der Waals surface area (Å²) in [7, 11) is 0. The molecule has 31 heavy (non-hydrogen) atoms. The van der Waals surface area contributed by atoms with E-state index in [1.807, 2.05) is 37.3 Å². The van der Waals surface area contributed by atoms with Crippen LogP contribution in [0.15, 0.2) is 48.7 Å². The number of hydrogen-bond acceptors (Lipinski definition) is 5. The Labute approximate surface area is 181 Å². The molecule has 2 aromatic rings. The van der Waals surface area contributed by atoms with E-state index in [1.54, 1.807) is 30.2 Å². The second-order valence-electron chi connectivity index (χ2n) is 8.38. The Morgan fingerprint density at radius 2 is 1.90 bits per heavy atom. The minimum absolute atomic E-state index is 0.0396. The predicted octanol–water partition coefficient (Wildman–Crippen LogP) is 3.06. The molecular weight excluding hydrogens is 394 g/mol. The third-order valence-electron chi connectivity index (χ3n) is 6.26. The van der Waals surface area contributed by atoms with Crippen LogP contribution < -0.4 is 10.1 Å². The largest absolute Gasteiger partial charge is 0.486 e. The van der Waals surface area contributed by atoms with Crippen molar-refractivity contribution in [3.05, 3.63) is 59.9 Å². The van der Waals surface area contributed by atoms with Crippen LogP contribution in [0.5, 0.6) is 5.75 Å². The van der Waals surface area contributed by atoms with E-state index < -0.39 is 11.6 Å². The van der Waals surface area contributed by atoms with Crippen LogP contribution in [-0.2, 0) is 9.59 Å². The van der Waals surface area contributed by atoms with E-state index in [0.29, 0.717) is 30.7 Å². The van der Waals surface area contributed by atoms with Gasteiger partial charge >= 0.3 is 0 Å². The van der Waals surface area contributed by atoms with Gasteiger partial charge in [-0.2, -0.15) is 0 Å². The van der Waals surface area contributed by atoms with Crippen LogP contribution in [0, 0.1) is 0 Å². The summed E-state index contributed by atoms with van der Waals surface area (Å²) in [6.45, 7) is 3.96. The van der Waals surface area contributed by atoms with Crippen molar-refractivity contribution in [3.8, 4) is 5.75 Å². The first kappa shape index (κ1) is 21.0. The molecule has 0 bridgehead atoms. The molecule has 4 rings (SSSR count). The highest BCUT2D eigenvalue weighted by molar-refractivity contribution is 6.00. The molecule has 7 nitrogen and oxygen atoms in total. The lowest BCUT2D eigenvalue weighted by Gasteiger charge is -2.37. The van der Waals surface area contributed by atoms with Gasteiger partial charge in [0.1, 0.15) is 17.4 Å². The fourth-order valence-corrected chi connectivity index (χ4v) is 4.37. The number of para-hydroxylation sites is 1. The number of carbonyl (C=O) groups excluding carboxylic acids is 3. The van der Waals surface area contributed by atoms with Gasteiger partial charge in [-0.25, -0.2) is 0 Å². The highest BCUT2D eigenvalue weighted by atomic mass is 16.5. The number of pyridine rings is 1. The molecule has 2 aliphatic rings. The van der Waals surface area contributed by atoms with Crippen LogP contribution in [0.4, 0.5) is 0 Å². The molecule has 1 saturated heterocycles. The van der Waals surface area contributed by atoms with Crippen LogP contribution >= 0.6 is 0 Å². The van der Waals surface area contributed by atoms with E-state index in [-0.39, 0.29) is 36.5 Å². The van der Waals surface area contributed by atoms with Crippen molar-refractivity contribution < 1.29 is 19.1 Å². The zero-order valence-electron chi connectivity index (χ0n) is 17.8. The van der Waals surface area contributed by atoms with E-state index in [4.69, 9.17) is 4.74 Å². The van der Waals surface area contributed by atoms with Gasteiger partial charge in [0, 0.05) is 25.6 Å². The fourth-order valence-electron chi connectivity index (χ4n) is 4.37. The number of ether oxygens (including phenoxy) is 1. The van der Waals surface area contributed by atoms with Crippen molar-refractivity contribution in [3.63, 3.8) is 0 Å². The summed E-state index contributed by atoms with van der Waals surface area (Å²) in [4.78, 5) is 44.3. The van der Waals surface area contributed by atoms with Crippen LogP contribution in [0.1, 0.15) is 61.6 Å². The van der Waals surface area contributed by atoms with Gasteiger partial charge in [-0.3, -0.25) is 19.4 Å². The van der Waals surface area contributed by atoms with Crippen molar-refractivity contribution in [1.82, 2.24) is 15.2 Å². The van der Waals surface area contributed by atoms with Crippen LogP contribution in [0.3, 0.4) is 0 Å². The number of nitrogens with one attached hydrogen (secondary N) is 1. The van der Waals surface area contributed by atoms with Gasteiger partial charge in [-0.05, 0) is 44.5 Å². The molecule has 2 aliphatic heterocycles. The summed E-state index contributed by atoms with van der Waals surface area (Å²) < 4.78 is 6.26. The van der Waals surface area contributed by atoms with Gasteiger partial charge < -0.3 is 15.0 Å². The molecule has 3 unspecified atom stereocenters. The number of carbonyl (C=O) groups is 3. The summed E-state index contributed by atoms with van der Waals surface area (Å²) in [5, 5.41) is 2.94. The number of ketones is 1. The maximum atomic E-state index is 12.9. The predicted molar refractivity (Wildman–Crippen MR) is 115 cm³/mol. The number of aromatic nitrogens is 1. The van der Waals surface area contributed by atoms with Crippen molar-refractivity contribution in [2.24, 2.45) is 0 Å². The van der Waals surface area contributed by atoms with Gasteiger partial charge in [0.05, 0.1) is 23.7 Å². The highest BCUT2D eigenvalue weighted by Gasteiger charge is 2.44. The monoisotopic (exact) mass is 421 g/mol. The Balaban J connectivity index is 1.44. The summed E-state index contributed by atoms with van der Waals surface area (Å²) in [6, 6.07) is 11.9. The number of amides is 2. The Kier molecular flexibility index (Phi) is 5.76. The molecule has 1 aromatic carbocycles. The number of nitrogens with zero attached hydrogens (tertiary/aromatic N) is 2. The zero-order valence-corrected chi connectivity index (χ0v) is 17.8. The molecule has 162 valence electrons. The number of rotatable bonds is 4. The van der Waals surface area contributed by atoms with Gasteiger partial charge in [-0.1, -0.05) is 18.2 Å². The number of Topliss-reactive ketones (excluding diaryl/α,β-unsaturated/α-hetero) is 1. The lowest BCUT2D eigenvalue weighted by atomic mass is 9.84. The molecule has 2 amide bonds. The van der Waals surface area contributed by atoms with Gasteiger partial charge in [0.25, 0.3) is 0 Å². The number of benzene rings is 1. The third kappa shape index (κ3) is 4.31. The minimum atomic E-state index is -0.701. The van der Waals surface area contributed by atoms with E-state index >= 15 is 0 Å². The molecule has 1 N–H and O–H groups in total. The van der Waals surface area contributed by atoms with Crippen LogP contribution in [-0.4, -0.2) is 45.7 Å². The molecular formula is C24H27N3O4. The average Bonchev–Trinajstić information content (AvgIpc) is 2.93. The Bertz CT molecular complexity index is 993. The summed E-state index contributed by atoms with van der Waals surface area (Å²) >= 11 is 0. The van der Waals surface area contributed by atoms with Crippen molar-refractivity contribution >= 4 is 17.6 Å². The van der Waals surface area contributed by atoms with E-state index in [2.05, 4.69) is 10.3 Å². The van der Waals surface area contributed by atoms with Crippen molar-refractivity contribution in [2.75, 3.05) is 6.54 Å². The van der Waals surface area contributed by atoms with E-state index in [9.17, 15) is 14.4 Å². The SMILES string of the molecule is CC(NC(=O)C(C)N1CCC2(CCC1=O)CC(=O)c1ccccc1O2)c1ccccn1. The molecule has 0 saturated carbocycles. The maximum Gasteiger partial charge on any atom is 0.243 e. The number of hydrogen-bond donors (Lipinski definition) is 1. The van der Waals surface area contributed by atoms with Crippen LogP contribution in [0.2, 0.25) is 0 Å². The van der Waals surface area contributed by atoms with Crippen LogP contribution in [0.25, 0.3) is 0 Å². The molecule has 1 spiro atoms.